The van der Waals surface area contributed by atoms with Gasteiger partial charge in [0.05, 0.1) is 4.99 Å². The van der Waals surface area contributed by atoms with E-state index in [4.69, 9.17) is 5.73 Å². The lowest BCUT2D eigenvalue weighted by molar-refractivity contribution is 0.563. The van der Waals surface area contributed by atoms with Gasteiger partial charge in [0, 0.05) is 6.54 Å². The fourth-order valence-corrected chi connectivity index (χ4v) is 2.06. The standard InChI is InChI=1S/C6H14N2O2S2/c1-5(2)3-8-12(9,10)4-6(7)11/h5,8H,3-4H2,1-2H3,(H2,7,11). The number of thiocarbonyl (C=S) groups is 1. The lowest BCUT2D eigenvalue weighted by Gasteiger charge is -2.07. The van der Waals surface area contributed by atoms with E-state index in [1.54, 1.807) is 0 Å². The van der Waals surface area contributed by atoms with Crippen LogP contribution in [0, 0.1) is 5.92 Å². The van der Waals surface area contributed by atoms with E-state index in [-0.39, 0.29) is 16.7 Å². The van der Waals surface area contributed by atoms with Crippen molar-refractivity contribution in [2.24, 2.45) is 11.7 Å². The fraction of sp³-hybridized carbons (Fsp3) is 0.833. The first-order chi connectivity index (χ1) is 5.33. The SMILES string of the molecule is CC(C)CNS(=O)(=O)CC(N)=S. The minimum atomic E-state index is -3.29. The van der Waals surface area contributed by atoms with Gasteiger partial charge >= 0.3 is 0 Å². The fourth-order valence-electron chi connectivity index (χ4n) is 0.532. The molecule has 0 aliphatic carbocycles. The molecule has 0 amide bonds. The van der Waals surface area contributed by atoms with Crippen molar-refractivity contribution in [3.05, 3.63) is 0 Å². The molecule has 0 bridgehead atoms. The number of hydrogen-bond acceptors (Lipinski definition) is 3. The zero-order chi connectivity index (χ0) is 9.78. The summed E-state index contributed by atoms with van der Waals surface area (Å²) in [4.78, 5) is -0.00810. The molecule has 0 aromatic rings. The van der Waals surface area contributed by atoms with E-state index >= 15 is 0 Å². The average Bonchev–Trinajstić information content (AvgIpc) is 1.81. The predicted octanol–water partition coefficient (Wildman–Crippen LogP) is -0.152. The Bertz CT molecular complexity index is 246. The van der Waals surface area contributed by atoms with Gasteiger partial charge in [-0.1, -0.05) is 26.1 Å². The molecule has 0 aliphatic rings. The smallest absolute Gasteiger partial charge is 0.218 e. The van der Waals surface area contributed by atoms with Crippen molar-refractivity contribution < 1.29 is 8.42 Å². The summed E-state index contributed by atoms with van der Waals surface area (Å²) in [5, 5.41) is 0. The molecule has 0 heterocycles. The van der Waals surface area contributed by atoms with E-state index < -0.39 is 10.0 Å². The Kier molecular flexibility index (Phi) is 4.66. The van der Waals surface area contributed by atoms with Gasteiger partial charge in [-0.05, 0) is 5.92 Å². The topological polar surface area (TPSA) is 72.2 Å². The van der Waals surface area contributed by atoms with E-state index in [1.165, 1.54) is 0 Å². The molecular formula is C6H14N2O2S2. The highest BCUT2D eigenvalue weighted by atomic mass is 32.2. The van der Waals surface area contributed by atoms with Crippen LogP contribution in [0.2, 0.25) is 0 Å². The van der Waals surface area contributed by atoms with Gasteiger partial charge in [0.1, 0.15) is 5.75 Å². The van der Waals surface area contributed by atoms with E-state index in [1.807, 2.05) is 13.8 Å². The summed E-state index contributed by atoms with van der Waals surface area (Å²) in [6.07, 6.45) is 0. The minimum Gasteiger partial charge on any atom is -0.392 e. The molecular weight excluding hydrogens is 196 g/mol. The Morgan fingerprint density at radius 3 is 2.42 bits per heavy atom. The van der Waals surface area contributed by atoms with Crippen LogP contribution < -0.4 is 10.5 Å². The second-order valence-corrected chi connectivity index (χ2v) is 5.30. The normalized spacial score (nSPS) is 11.9. The Labute approximate surface area is 78.6 Å². The van der Waals surface area contributed by atoms with Crippen LogP contribution in [0.5, 0.6) is 0 Å². The van der Waals surface area contributed by atoms with Crippen LogP contribution in [0.3, 0.4) is 0 Å². The zero-order valence-electron chi connectivity index (χ0n) is 7.20. The first kappa shape index (κ1) is 11.8. The minimum absolute atomic E-state index is 0.00810. The summed E-state index contributed by atoms with van der Waals surface area (Å²) in [5.41, 5.74) is 5.10. The molecule has 0 saturated carbocycles. The summed E-state index contributed by atoms with van der Waals surface area (Å²) in [6.45, 7) is 4.26. The van der Waals surface area contributed by atoms with Crippen LogP contribution in [0.25, 0.3) is 0 Å². The van der Waals surface area contributed by atoms with Gasteiger partial charge in [0.15, 0.2) is 0 Å². The summed E-state index contributed by atoms with van der Waals surface area (Å²) >= 11 is 4.48. The highest BCUT2D eigenvalue weighted by Gasteiger charge is 2.11. The highest BCUT2D eigenvalue weighted by molar-refractivity contribution is 7.92. The molecule has 0 radical (unpaired) electrons. The second-order valence-electron chi connectivity index (χ2n) is 2.97. The molecule has 0 unspecified atom stereocenters. The van der Waals surface area contributed by atoms with Gasteiger partial charge in [0.25, 0.3) is 0 Å². The zero-order valence-corrected chi connectivity index (χ0v) is 8.83. The first-order valence-corrected chi connectivity index (χ1v) is 5.65. The maximum absolute atomic E-state index is 11.1. The van der Waals surface area contributed by atoms with Gasteiger partial charge in [-0.25, -0.2) is 13.1 Å². The Morgan fingerprint density at radius 1 is 1.58 bits per heavy atom. The van der Waals surface area contributed by atoms with Gasteiger partial charge in [-0.2, -0.15) is 0 Å². The first-order valence-electron chi connectivity index (χ1n) is 3.59. The van der Waals surface area contributed by atoms with E-state index in [2.05, 4.69) is 16.9 Å². The number of rotatable bonds is 5. The molecule has 0 spiro atoms. The summed E-state index contributed by atoms with van der Waals surface area (Å²) < 4.78 is 24.5. The molecule has 4 nitrogen and oxygen atoms in total. The summed E-state index contributed by atoms with van der Waals surface area (Å²) in [5.74, 6) is 0.0146. The molecule has 0 aliphatic heterocycles. The molecule has 0 atom stereocenters. The van der Waals surface area contributed by atoms with Crippen molar-refractivity contribution in [3.8, 4) is 0 Å². The van der Waals surface area contributed by atoms with Crippen molar-refractivity contribution in [2.45, 2.75) is 13.8 Å². The maximum Gasteiger partial charge on any atom is 0.218 e. The molecule has 3 N–H and O–H groups in total. The number of nitrogens with two attached hydrogens (primary N) is 1. The monoisotopic (exact) mass is 210 g/mol. The highest BCUT2D eigenvalue weighted by Crippen LogP contribution is 1.91. The third-order valence-electron chi connectivity index (χ3n) is 1.04. The summed E-state index contributed by atoms with van der Waals surface area (Å²) in [7, 11) is -3.29. The quantitative estimate of drug-likeness (QED) is 0.619. The van der Waals surface area contributed by atoms with Crippen LogP contribution >= 0.6 is 12.2 Å². The second kappa shape index (κ2) is 4.74. The van der Waals surface area contributed by atoms with Crippen LogP contribution in [-0.2, 0) is 10.0 Å². The van der Waals surface area contributed by atoms with E-state index in [9.17, 15) is 8.42 Å². The molecule has 0 aromatic carbocycles. The lowest BCUT2D eigenvalue weighted by atomic mass is 10.2. The van der Waals surface area contributed by atoms with Crippen molar-refractivity contribution in [1.29, 1.82) is 0 Å². The molecule has 0 saturated heterocycles. The average molecular weight is 210 g/mol. The lowest BCUT2D eigenvalue weighted by Crippen LogP contribution is -2.34. The molecule has 0 rings (SSSR count). The van der Waals surface area contributed by atoms with Gasteiger partial charge < -0.3 is 5.73 Å². The molecule has 0 aromatic heterocycles. The molecule has 6 heteroatoms. The van der Waals surface area contributed by atoms with Crippen molar-refractivity contribution in [2.75, 3.05) is 12.3 Å². The Balaban J connectivity index is 3.98. The maximum atomic E-state index is 11.1. The van der Waals surface area contributed by atoms with Crippen molar-refractivity contribution in [1.82, 2.24) is 4.72 Å². The Morgan fingerprint density at radius 2 is 2.08 bits per heavy atom. The molecule has 72 valence electrons. The Hall–Kier alpha value is -0.200. The van der Waals surface area contributed by atoms with E-state index in [0.717, 1.165) is 0 Å². The van der Waals surface area contributed by atoms with Crippen LogP contribution in [0.15, 0.2) is 0 Å². The third kappa shape index (κ3) is 6.51. The number of sulfonamides is 1. The van der Waals surface area contributed by atoms with Crippen molar-refractivity contribution >= 4 is 27.2 Å². The largest absolute Gasteiger partial charge is 0.392 e. The van der Waals surface area contributed by atoms with Crippen molar-refractivity contribution in [3.63, 3.8) is 0 Å². The van der Waals surface area contributed by atoms with Crippen LogP contribution in [0.4, 0.5) is 0 Å². The van der Waals surface area contributed by atoms with Gasteiger partial charge in [-0.3, -0.25) is 0 Å². The molecule has 0 fully saturated rings. The van der Waals surface area contributed by atoms with E-state index in [0.29, 0.717) is 6.54 Å². The van der Waals surface area contributed by atoms with Crippen LogP contribution in [-0.4, -0.2) is 25.7 Å². The van der Waals surface area contributed by atoms with Gasteiger partial charge in [0.2, 0.25) is 10.0 Å². The van der Waals surface area contributed by atoms with Gasteiger partial charge in [-0.15, -0.1) is 0 Å². The molecule has 12 heavy (non-hydrogen) atoms. The summed E-state index contributed by atoms with van der Waals surface area (Å²) in [6, 6.07) is 0. The predicted molar refractivity (Wildman–Crippen MR) is 53.4 cm³/mol. The third-order valence-corrected chi connectivity index (χ3v) is 2.67. The number of nitrogens with one attached hydrogen (secondary N) is 1. The van der Waals surface area contributed by atoms with Crippen LogP contribution in [0.1, 0.15) is 13.8 Å². The number of hydrogen-bond donors (Lipinski definition) is 2.